The van der Waals surface area contributed by atoms with E-state index in [2.05, 4.69) is 10.1 Å². The zero-order chi connectivity index (χ0) is 17.2. The summed E-state index contributed by atoms with van der Waals surface area (Å²) in [4.78, 5) is 3.96. The van der Waals surface area contributed by atoms with Crippen molar-refractivity contribution < 1.29 is 26.8 Å². The van der Waals surface area contributed by atoms with E-state index in [0.717, 1.165) is 12.1 Å². The predicted octanol–water partition coefficient (Wildman–Crippen LogP) is 4.47. The van der Waals surface area contributed by atoms with Crippen molar-refractivity contribution in [1.82, 2.24) is 10.1 Å². The average molecular weight is 338 g/mol. The first-order valence-electron chi connectivity index (χ1n) is 6.81. The summed E-state index contributed by atoms with van der Waals surface area (Å²) < 4.78 is 61.7. The third-order valence-corrected chi connectivity index (χ3v) is 3.10. The van der Waals surface area contributed by atoms with Crippen molar-refractivity contribution in [3.63, 3.8) is 0 Å². The first kappa shape index (κ1) is 16.0. The number of hydrogen-bond donors (Lipinski definition) is 0. The van der Waals surface area contributed by atoms with Crippen molar-refractivity contribution in [2.45, 2.75) is 12.8 Å². The molecule has 0 spiro atoms. The fourth-order valence-electron chi connectivity index (χ4n) is 1.96. The lowest BCUT2D eigenvalue weighted by Gasteiger charge is -2.06. The van der Waals surface area contributed by atoms with Crippen LogP contribution in [0.1, 0.15) is 11.4 Å². The molecular formula is C16H10F4N2O2. The third kappa shape index (κ3) is 3.53. The Balaban J connectivity index is 1.75. The molecule has 0 bridgehead atoms. The molecule has 0 N–H and O–H groups in total. The van der Waals surface area contributed by atoms with E-state index in [0.29, 0.717) is 0 Å². The summed E-state index contributed by atoms with van der Waals surface area (Å²) in [6, 6.07) is 10.3. The molecule has 0 radical (unpaired) electrons. The van der Waals surface area contributed by atoms with Crippen LogP contribution < -0.4 is 4.74 Å². The SMILES string of the molecule is Fc1ccccc1OCc1noc(-c2cccc(C(F)(F)F)c2)n1. The van der Waals surface area contributed by atoms with E-state index in [-0.39, 0.29) is 29.6 Å². The minimum Gasteiger partial charge on any atom is -0.482 e. The molecule has 0 saturated heterocycles. The van der Waals surface area contributed by atoms with Crippen molar-refractivity contribution >= 4 is 0 Å². The molecule has 0 amide bonds. The van der Waals surface area contributed by atoms with Gasteiger partial charge in [0.25, 0.3) is 5.89 Å². The van der Waals surface area contributed by atoms with Gasteiger partial charge < -0.3 is 9.26 Å². The van der Waals surface area contributed by atoms with Crippen LogP contribution in [-0.4, -0.2) is 10.1 Å². The fourth-order valence-corrected chi connectivity index (χ4v) is 1.96. The minimum atomic E-state index is -4.47. The fraction of sp³-hybridized carbons (Fsp3) is 0.125. The number of halogens is 4. The lowest BCUT2D eigenvalue weighted by atomic mass is 10.1. The summed E-state index contributed by atoms with van der Waals surface area (Å²) >= 11 is 0. The van der Waals surface area contributed by atoms with E-state index in [1.165, 1.54) is 30.3 Å². The number of alkyl halides is 3. The normalized spacial score (nSPS) is 11.5. The second-order valence-electron chi connectivity index (χ2n) is 4.81. The molecule has 0 unspecified atom stereocenters. The molecule has 0 atom stereocenters. The molecule has 3 aromatic rings. The van der Waals surface area contributed by atoms with Gasteiger partial charge in [0.1, 0.15) is 0 Å². The Kier molecular flexibility index (Phi) is 4.20. The number of hydrogen-bond acceptors (Lipinski definition) is 4. The summed E-state index contributed by atoms with van der Waals surface area (Å²) in [5.41, 5.74) is -0.683. The van der Waals surface area contributed by atoms with Gasteiger partial charge in [0.2, 0.25) is 5.82 Å². The van der Waals surface area contributed by atoms with Crippen LogP contribution >= 0.6 is 0 Å². The topological polar surface area (TPSA) is 48.2 Å². The van der Waals surface area contributed by atoms with Crippen LogP contribution in [0.3, 0.4) is 0 Å². The predicted molar refractivity (Wildman–Crippen MR) is 75.5 cm³/mol. The van der Waals surface area contributed by atoms with Crippen LogP contribution in [0.15, 0.2) is 53.1 Å². The van der Waals surface area contributed by atoms with Gasteiger partial charge in [-0.1, -0.05) is 23.4 Å². The van der Waals surface area contributed by atoms with Gasteiger partial charge in [-0.15, -0.1) is 0 Å². The standard InChI is InChI=1S/C16H10F4N2O2/c17-12-6-1-2-7-13(12)23-9-14-21-15(24-22-14)10-4-3-5-11(8-10)16(18,19)20/h1-8H,9H2. The number of rotatable bonds is 4. The molecule has 0 fully saturated rings. The third-order valence-electron chi connectivity index (χ3n) is 3.10. The molecule has 8 heteroatoms. The number of nitrogens with zero attached hydrogens (tertiary/aromatic N) is 2. The Morgan fingerprint density at radius 1 is 1.04 bits per heavy atom. The second kappa shape index (κ2) is 6.31. The molecule has 2 aromatic carbocycles. The van der Waals surface area contributed by atoms with Crippen LogP contribution in [0.25, 0.3) is 11.5 Å². The molecule has 0 aliphatic carbocycles. The summed E-state index contributed by atoms with van der Waals surface area (Å²) in [5.74, 6) is -0.513. The Hall–Kier alpha value is -2.90. The van der Waals surface area contributed by atoms with Gasteiger partial charge in [-0.2, -0.15) is 18.2 Å². The minimum absolute atomic E-state index is 0.0166. The maximum absolute atomic E-state index is 13.4. The van der Waals surface area contributed by atoms with Crippen LogP contribution in [0.5, 0.6) is 5.75 Å². The zero-order valence-corrected chi connectivity index (χ0v) is 12.0. The lowest BCUT2D eigenvalue weighted by Crippen LogP contribution is -2.04. The van der Waals surface area contributed by atoms with E-state index in [1.54, 1.807) is 6.07 Å². The Morgan fingerprint density at radius 2 is 1.83 bits per heavy atom. The maximum Gasteiger partial charge on any atom is 0.416 e. The highest BCUT2D eigenvalue weighted by molar-refractivity contribution is 5.54. The molecule has 0 saturated carbocycles. The van der Waals surface area contributed by atoms with Crippen LogP contribution in [0.4, 0.5) is 17.6 Å². The molecule has 3 rings (SSSR count). The number of benzene rings is 2. The molecular weight excluding hydrogens is 328 g/mol. The van der Waals surface area contributed by atoms with Crippen molar-refractivity contribution in [2.24, 2.45) is 0 Å². The Morgan fingerprint density at radius 3 is 2.58 bits per heavy atom. The zero-order valence-electron chi connectivity index (χ0n) is 12.0. The molecule has 0 aliphatic rings. The van der Waals surface area contributed by atoms with Crippen LogP contribution in [0, 0.1) is 5.82 Å². The van der Waals surface area contributed by atoms with Crippen molar-refractivity contribution in [3.8, 4) is 17.2 Å². The van der Waals surface area contributed by atoms with Gasteiger partial charge in [-0.3, -0.25) is 0 Å². The summed E-state index contributed by atoms with van der Waals surface area (Å²) in [6.45, 7) is -0.177. The van der Waals surface area contributed by atoms with Crippen LogP contribution in [-0.2, 0) is 12.8 Å². The first-order chi connectivity index (χ1) is 11.4. The maximum atomic E-state index is 13.4. The van der Waals surface area contributed by atoms with E-state index in [1.807, 2.05) is 0 Å². The van der Waals surface area contributed by atoms with Gasteiger partial charge in [0.15, 0.2) is 18.2 Å². The monoisotopic (exact) mass is 338 g/mol. The summed E-state index contributed by atoms with van der Waals surface area (Å²) in [7, 11) is 0. The largest absolute Gasteiger partial charge is 0.482 e. The summed E-state index contributed by atoms with van der Waals surface area (Å²) in [5, 5.41) is 3.61. The van der Waals surface area contributed by atoms with Crippen molar-refractivity contribution in [2.75, 3.05) is 0 Å². The molecule has 24 heavy (non-hydrogen) atoms. The van der Waals surface area contributed by atoms with Crippen LogP contribution in [0.2, 0.25) is 0 Å². The quantitative estimate of drug-likeness (QED) is 0.659. The van der Waals surface area contributed by atoms with Gasteiger partial charge in [0, 0.05) is 5.56 Å². The van der Waals surface area contributed by atoms with E-state index in [4.69, 9.17) is 9.26 Å². The van der Waals surface area contributed by atoms with Gasteiger partial charge in [-0.25, -0.2) is 4.39 Å². The lowest BCUT2D eigenvalue weighted by molar-refractivity contribution is -0.137. The molecule has 4 nitrogen and oxygen atoms in total. The Labute approximate surface area is 133 Å². The van der Waals surface area contributed by atoms with Gasteiger partial charge >= 0.3 is 6.18 Å². The second-order valence-corrected chi connectivity index (χ2v) is 4.81. The summed E-state index contributed by atoms with van der Waals surface area (Å²) in [6.07, 6.45) is -4.47. The highest BCUT2D eigenvalue weighted by Crippen LogP contribution is 2.31. The number of para-hydroxylation sites is 1. The first-order valence-corrected chi connectivity index (χ1v) is 6.81. The molecule has 0 aliphatic heterocycles. The van der Waals surface area contributed by atoms with Gasteiger partial charge in [0.05, 0.1) is 5.56 Å². The highest BCUT2D eigenvalue weighted by Gasteiger charge is 2.30. The molecule has 1 heterocycles. The average Bonchev–Trinajstić information content (AvgIpc) is 3.02. The van der Waals surface area contributed by atoms with Crippen molar-refractivity contribution in [3.05, 3.63) is 65.7 Å². The number of aromatic nitrogens is 2. The smallest absolute Gasteiger partial charge is 0.416 e. The molecule has 124 valence electrons. The van der Waals surface area contributed by atoms with E-state index < -0.39 is 17.6 Å². The van der Waals surface area contributed by atoms with E-state index in [9.17, 15) is 17.6 Å². The highest BCUT2D eigenvalue weighted by atomic mass is 19.4. The van der Waals surface area contributed by atoms with E-state index >= 15 is 0 Å². The van der Waals surface area contributed by atoms with Crippen molar-refractivity contribution in [1.29, 1.82) is 0 Å². The number of ether oxygens (including phenoxy) is 1. The Bertz CT molecular complexity index is 846. The molecule has 1 aromatic heterocycles. The van der Waals surface area contributed by atoms with Gasteiger partial charge in [-0.05, 0) is 30.3 Å².